The van der Waals surface area contributed by atoms with E-state index in [1.807, 2.05) is 11.8 Å². The van der Waals surface area contributed by atoms with E-state index in [0.717, 1.165) is 32.6 Å². The third-order valence-electron chi connectivity index (χ3n) is 3.56. The van der Waals surface area contributed by atoms with Crippen LogP contribution in [-0.4, -0.2) is 61.8 Å². The summed E-state index contributed by atoms with van der Waals surface area (Å²) in [7, 11) is 0. The molecule has 0 radical (unpaired) electrons. The first-order chi connectivity index (χ1) is 8.22. The Kier molecular flexibility index (Phi) is 4.36. The number of nitrogens with zero attached hydrogens (tertiary/aromatic N) is 1. The van der Waals surface area contributed by atoms with Crippen LogP contribution in [0.25, 0.3) is 0 Å². The van der Waals surface area contributed by atoms with Crippen LogP contribution in [0.4, 0.5) is 0 Å². The Hall–Kier alpha value is -0.650. The second-order valence-electron chi connectivity index (χ2n) is 4.91. The first-order valence-electron chi connectivity index (χ1n) is 6.58. The van der Waals surface area contributed by atoms with Crippen molar-refractivity contribution in [3.8, 4) is 0 Å². The standard InChI is InChI=1S/C12H23N3O2/c1-3-10-8-17-9(2)7-15(10)12(16)11-6-13-4-5-14-11/h9-11,13-14H,3-8H2,1-2H3. The van der Waals surface area contributed by atoms with E-state index in [0.29, 0.717) is 6.61 Å². The highest BCUT2D eigenvalue weighted by molar-refractivity contribution is 5.82. The molecule has 2 aliphatic rings. The lowest BCUT2D eigenvalue weighted by Gasteiger charge is -2.40. The van der Waals surface area contributed by atoms with Gasteiger partial charge in [-0.3, -0.25) is 4.79 Å². The van der Waals surface area contributed by atoms with Gasteiger partial charge in [0.2, 0.25) is 5.91 Å². The van der Waals surface area contributed by atoms with Gasteiger partial charge in [-0.1, -0.05) is 6.92 Å². The van der Waals surface area contributed by atoms with Crippen molar-refractivity contribution in [3.05, 3.63) is 0 Å². The van der Waals surface area contributed by atoms with Crippen LogP contribution in [0.3, 0.4) is 0 Å². The number of hydrogen-bond acceptors (Lipinski definition) is 4. The molecule has 5 heteroatoms. The summed E-state index contributed by atoms with van der Waals surface area (Å²) < 4.78 is 5.62. The summed E-state index contributed by atoms with van der Waals surface area (Å²) in [5.41, 5.74) is 0. The molecule has 0 bridgehead atoms. The Labute approximate surface area is 103 Å². The van der Waals surface area contributed by atoms with Crippen LogP contribution in [0, 0.1) is 0 Å². The molecule has 0 aromatic heterocycles. The predicted molar refractivity (Wildman–Crippen MR) is 65.9 cm³/mol. The quantitative estimate of drug-likeness (QED) is 0.689. The number of carbonyl (C=O) groups is 1. The first kappa shape index (κ1) is 12.8. The maximum atomic E-state index is 12.4. The summed E-state index contributed by atoms with van der Waals surface area (Å²) >= 11 is 0. The molecule has 2 rings (SSSR count). The molecule has 2 heterocycles. The number of hydrogen-bond donors (Lipinski definition) is 2. The van der Waals surface area contributed by atoms with Crippen molar-refractivity contribution in [3.63, 3.8) is 0 Å². The Bertz CT molecular complexity index is 266. The van der Waals surface area contributed by atoms with E-state index in [2.05, 4.69) is 17.6 Å². The van der Waals surface area contributed by atoms with E-state index in [9.17, 15) is 4.79 Å². The molecule has 98 valence electrons. The Morgan fingerprint density at radius 3 is 2.94 bits per heavy atom. The highest BCUT2D eigenvalue weighted by atomic mass is 16.5. The summed E-state index contributed by atoms with van der Waals surface area (Å²) in [6.07, 6.45) is 1.11. The molecule has 3 unspecified atom stereocenters. The van der Waals surface area contributed by atoms with Gasteiger partial charge in [0, 0.05) is 26.2 Å². The minimum absolute atomic E-state index is 0.0666. The van der Waals surface area contributed by atoms with Gasteiger partial charge in [0.15, 0.2) is 0 Å². The van der Waals surface area contributed by atoms with Crippen LogP contribution >= 0.6 is 0 Å². The molecule has 2 aliphatic heterocycles. The summed E-state index contributed by atoms with van der Waals surface area (Å²) in [5.74, 6) is 0.221. The van der Waals surface area contributed by atoms with Gasteiger partial charge in [0.1, 0.15) is 0 Å². The maximum Gasteiger partial charge on any atom is 0.241 e. The fraction of sp³-hybridized carbons (Fsp3) is 0.917. The van der Waals surface area contributed by atoms with E-state index in [-0.39, 0.29) is 24.1 Å². The number of piperazine rings is 1. The number of amides is 1. The summed E-state index contributed by atoms with van der Waals surface area (Å²) in [5, 5.41) is 6.54. The number of carbonyl (C=O) groups excluding carboxylic acids is 1. The van der Waals surface area contributed by atoms with Crippen LogP contribution in [0.2, 0.25) is 0 Å². The van der Waals surface area contributed by atoms with E-state index < -0.39 is 0 Å². The lowest BCUT2D eigenvalue weighted by molar-refractivity contribution is -0.146. The van der Waals surface area contributed by atoms with E-state index in [1.165, 1.54) is 0 Å². The zero-order valence-electron chi connectivity index (χ0n) is 10.7. The number of ether oxygens (including phenoxy) is 1. The van der Waals surface area contributed by atoms with Gasteiger partial charge >= 0.3 is 0 Å². The fourth-order valence-corrected chi connectivity index (χ4v) is 2.48. The molecular formula is C12H23N3O2. The first-order valence-corrected chi connectivity index (χ1v) is 6.58. The Morgan fingerprint density at radius 2 is 2.29 bits per heavy atom. The summed E-state index contributed by atoms with van der Waals surface area (Å²) in [4.78, 5) is 14.4. The molecule has 2 N–H and O–H groups in total. The van der Waals surface area contributed by atoms with Gasteiger partial charge in [0.05, 0.1) is 24.8 Å². The maximum absolute atomic E-state index is 12.4. The SMILES string of the molecule is CCC1COC(C)CN1C(=O)C1CNCCN1. The van der Waals surface area contributed by atoms with Crippen molar-refractivity contribution in [2.45, 2.75) is 38.5 Å². The van der Waals surface area contributed by atoms with Crippen LogP contribution in [0.1, 0.15) is 20.3 Å². The molecule has 2 saturated heterocycles. The molecule has 3 atom stereocenters. The van der Waals surface area contributed by atoms with E-state index in [4.69, 9.17) is 4.74 Å². The van der Waals surface area contributed by atoms with E-state index >= 15 is 0 Å². The minimum Gasteiger partial charge on any atom is -0.375 e. The zero-order chi connectivity index (χ0) is 12.3. The number of morpholine rings is 1. The van der Waals surface area contributed by atoms with Crippen LogP contribution in [0.15, 0.2) is 0 Å². The Balaban J connectivity index is 1.99. The average Bonchev–Trinajstić information content (AvgIpc) is 2.39. The van der Waals surface area contributed by atoms with Gasteiger partial charge in [-0.05, 0) is 13.3 Å². The number of rotatable bonds is 2. The molecule has 0 aromatic carbocycles. The molecule has 2 fully saturated rings. The third-order valence-corrected chi connectivity index (χ3v) is 3.56. The molecular weight excluding hydrogens is 218 g/mol. The van der Waals surface area contributed by atoms with Gasteiger partial charge in [0.25, 0.3) is 0 Å². The van der Waals surface area contributed by atoms with Gasteiger partial charge in [-0.15, -0.1) is 0 Å². The monoisotopic (exact) mass is 241 g/mol. The Morgan fingerprint density at radius 1 is 1.47 bits per heavy atom. The van der Waals surface area contributed by atoms with Crippen LogP contribution in [-0.2, 0) is 9.53 Å². The smallest absolute Gasteiger partial charge is 0.241 e. The fourth-order valence-electron chi connectivity index (χ4n) is 2.48. The topological polar surface area (TPSA) is 53.6 Å². The van der Waals surface area contributed by atoms with Crippen molar-refractivity contribution in [1.82, 2.24) is 15.5 Å². The van der Waals surface area contributed by atoms with E-state index in [1.54, 1.807) is 0 Å². The second kappa shape index (κ2) is 5.80. The zero-order valence-corrected chi connectivity index (χ0v) is 10.7. The number of nitrogens with one attached hydrogen (secondary N) is 2. The summed E-state index contributed by atoms with van der Waals surface area (Å²) in [6, 6.07) is 0.172. The lowest BCUT2D eigenvalue weighted by Crippen LogP contribution is -2.61. The normalized spacial score (nSPS) is 34.7. The highest BCUT2D eigenvalue weighted by Gasteiger charge is 2.33. The predicted octanol–water partition coefficient (Wildman–Crippen LogP) is -0.426. The van der Waals surface area contributed by atoms with Crippen molar-refractivity contribution in [1.29, 1.82) is 0 Å². The summed E-state index contributed by atoms with van der Waals surface area (Å²) in [6.45, 7) is 8.07. The molecule has 5 nitrogen and oxygen atoms in total. The van der Waals surface area contributed by atoms with Crippen LogP contribution < -0.4 is 10.6 Å². The average molecular weight is 241 g/mol. The van der Waals surface area contributed by atoms with Gasteiger partial charge in [-0.2, -0.15) is 0 Å². The van der Waals surface area contributed by atoms with Crippen LogP contribution in [0.5, 0.6) is 0 Å². The van der Waals surface area contributed by atoms with Crippen molar-refractivity contribution in [2.75, 3.05) is 32.8 Å². The molecule has 1 amide bonds. The molecule has 0 saturated carbocycles. The van der Waals surface area contributed by atoms with Gasteiger partial charge in [-0.25, -0.2) is 0 Å². The second-order valence-corrected chi connectivity index (χ2v) is 4.91. The molecule has 17 heavy (non-hydrogen) atoms. The molecule has 0 aliphatic carbocycles. The van der Waals surface area contributed by atoms with Crippen molar-refractivity contribution < 1.29 is 9.53 Å². The third kappa shape index (κ3) is 2.97. The highest BCUT2D eigenvalue weighted by Crippen LogP contribution is 2.15. The molecule has 0 spiro atoms. The minimum atomic E-state index is -0.0666. The van der Waals surface area contributed by atoms with Gasteiger partial charge < -0.3 is 20.3 Å². The lowest BCUT2D eigenvalue weighted by atomic mass is 10.1. The molecule has 0 aromatic rings. The largest absolute Gasteiger partial charge is 0.375 e. The van der Waals surface area contributed by atoms with Crippen molar-refractivity contribution in [2.24, 2.45) is 0 Å². The van der Waals surface area contributed by atoms with Crippen molar-refractivity contribution >= 4 is 5.91 Å².